The maximum Gasteiger partial charge on any atom is 0.218 e. The summed E-state index contributed by atoms with van der Waals surface area (Å²) in [5.74, 6) is 2.19. The molecule has 0 bridgehead atoms. The van der Waals surface area contributed by atoms with Crippen LogP contribution < -0.4 is 10.1 Å². The van der Waals surface area contributed by atoms with Crippen LogP contribution in [0.2, 0.25) is 0 Å². The molecule has 1 atom stereocenters. The third kappa shape index (κ3) is 5.34. The van der Waals surface area contributed by atoms with Crippen LogP contribution in [0.1, 0.15) is 51.8 Å². The van der Waals surface area contributed by atoms with Gasteiger partial charge in [-0.25, -0.2) is 4.98 Å². The Labute approximate surface area is 110 Å². The van der Waals surface area contributed by atoms with E-state index in [0.717, 1.165) is 11.6 Å². The Bertz CT molecular complexity index is 355. The number of rotatable bonds is 8. The fraction of sp³-hybridized carbons (Fsp3) is 0.714. The zero-order valence-corrected chi connectivity index (χ0v) is 12.0. The lowest BCUT2D eigenvalue weighted by atomic mass is 10.1. The molecule has 1 heterocycles. The Balaban J connectivity index is 2.43. The SMILES string of the molecule is CCCCCCC(C)Nc1cc(OC)nc(C)n1. The highest BCUT2D eigenvalue weighted by molar-refractivity contribution is 5.39. The quantitative estimate of drug-likeness (QED) is 0.718. The highest BCUT2D eigenvalue weighted by atomic mass is 16.5. The predicted molar refractivity (Wildman–Crippen MR) is 75.2 cm³/mol. The van der Waals surface area contributed by atoms with Crippen molar-refractivity contribution < 1.29 is 4.74 Å². The smallest absolute Gasteiger partial charge is 0.218 e. The monoisotopic (exact) mass is 251 g/mol. The first-order valence-electron chi connectivity index (χ1n) is 6.82. The summed E-state index contributed by atoms with van der Waals surface area (Å²) >= 11 is 0. The lowest BCUT2D eigenvalue weighted by Gasteiger charge is -2.15. The molecule has 0 saturated carbocycles. The number of ether oxygens (including phenoxy) is 1. The predicted octanol–water partition coefficient (Wildman–Crippen LogP) is 3.56. The molecular weight excluding hydrogens is 226 g/mol. The maximum atomic E-state index is 5.14. The van der Waals surface area contributed by atoms with Crippen LogP contribution in [0, 0.1) is 6.92 Å². The van der Waals surface area contributed by atoms with Crippen molar-refractivity contribution in [1.82, 2.24) is 9.97 Å². The Morgan fingerprint density at radius 3 is 2.72 bits per heavy atom. The van der Waals surface area contributed by atoms with E-state index in [0.29, 0.717) is 11.9 Å². The minimum absolute atomic E-state index is 0.431. The summed E-state index contributed by atoms with van der Waals surface area (Å²) in [6.07, 6.45) is 6.36. The van der Waals surface area contributed by atoms with Crippen LogP contribution in [0.15, 0.2) is 6.07 Å². The zero-order chi connectivity index (χ0) is 13.4. The molecule has 0 saturated heterocycles. The molecule has 0 spiro atoms. The molecule has 102 valence electrons. The van der Waals surface area contributed by atoms with Gasteiger partial charge in [0, 0.05) is 12.1 Å². The Morgan fingerprint density at radius 2 is 2.06 bits per heavy atom. The number of methoxy groups -OCH3 is 1. The number of anilines is 1. The summed E-state index contributed by atoms with van der Waals surface area (Å²) in [5.41, 5.74) is 0. The van der Waals surface area contributed by atoms with Gasteiger partial charge < -0.3 is 10.1 Å². The van der Waals surface area contributed by atoms with Gasteiger partial charge in [-0.1, -0.05) is 32.6 Å². The van der Waals surface area contributed by atoms with Crippen LogP contribution in [0.4, 0.5) is 5.82 Å². The lowest BCUT2D eigenvalue weighted by molar-refractivity contribution is 0.396. The number of hydrogen-bond donors (Lipinski definition) is 1. The van der Waals surface area contributed by atoms with Crippen molar-refractivity contribution in [3.63, 3.8) is 0 Å². The topological polar surface area (TPSA) is 47.0 Å². The average molecular weight is 251 g/mol. The molecule has 1 rings (SSSR count). The number of nitrogens with zero attached hydrogens (tertiary/aromatic N) is 2. The van der Waals surface area contributed by atoms with E-state index in [1.807, 2.05) is 13.0 Å². The van der Waals surface area contributed by atoms with Crippen LogP contribution in [0.5, 0.6) is 5.88 Å². The molecule has 0 radical (unpaired) electrons. The van der Waals surface area contributed by atoms with Gasteiger partial charge >= 0.3 is 0 Å². The molecule has 1 unspecified atom stereocenters. The van der Waals surface area contributed by atoms with Gasteiger partial charge in [0.05, 0.1) is 7.11 Å². The van der Waals surface area contributed by atoms with Crippen molar-refractivity contribution in [2.45, 2.75) is 58.9 Å². The van der Waals surface area contributed by atoms with Crippen LogP contribution >= 0.6 is 0 Å². The molecule has 1 N–H and O–H groups in total. The van der Waals surface area contributed by atoms with E-state index in [9.17, 15) is 0 Å². The van der Waals surface area contributed by atoms with E-state index in [2.05, 4.69) is 29.1 Å². The van der Waals surface area contributed by atoms with Crippen LogP contribution in [-0.4, -0.2) is 23.1 Å². The second-order valence-electron chi connectivity index (χ2n) is 4.74. The van der Waals surface area contributed by atoms with Crippen LogP contribution in [0.25, 0.3) is 0 Å². The van der Waals surface area contributed by atoms with Gasteiger partial charge in [0.15, 0.2) is 0 Å². The molecule has 18 heavy (non-hydrogen) atoms. The van der Waals surface area contributed by atoms with Gasteiger partial charge in [-0.05, 0) is 20.3 Å². The standard InChI is InChI=1S/C14H25N3O/c1-5-6-7-8-9-11(2)15-13-10-14(18-4)17-12(3)16-13/h10-11H,5-9H2,1-4H3,(H,15,16,17). The molecule has 1 aromatic rings. The van der Waals surface area contributed by atoms with Crippen LogP contribution in [-0.2, 0) is 0 Å². The number of nitrogens with one attached hydrogen (secondary N) is 1. The van der Waals surface area contributed by atoms with E-state index in [1.54, 1.807) is 7.11 Å². The van der Waals surface area contributed by atoms with Gasteiger partial charge in [-0.2, -0.15) is 4.98 Å². The molecule has 4 heteroatoms. The maximum absolute atomic E-state index is 5.14. The third-order valence-electron chi connectivity index (χ3n) is 2.91. The molecule has 4 nitrogen and oxygen atoms in total. The van der Waals surface area contributed by atoms with Crippen LogP contribution in [0.3, 0.4) is 0 Å². The minimum atomic E-state index is 0.431. The molecule has 1 aromatic heterocycles. The van der Waals surface area contributed by atoms with Crippen molar-refractivity contribution in [2.24, 2.45) is 0 Å². The fourth-order valence-corrected chi connectivity index (χ4v) is 1.92. The van der Waals surface area contributed by atoms with Gasteiger partial charge in [0.25, 0.3) is 0 Å². The van der Waals surface area contributed by atoms with E-state index in [-0.39, 0.29) is 0 Å². The lowest BCUT2D eigenvalue weighted by Crippen LogP contribution is -2.16. The highest BCUT2D eigenvalue weighted by Crippen LogP contribution is 2.15. The second kappa shape index (κ2) is 7.90. The Morgan fingerprint density at radius 1 is 1.28 bits per heavy atom. The first kappa shape index (κ1) is 14.7. The van der Waals surface area contributed by atoms with E-state index in [1.165, 1.54) is 32.1 Å². The summed E-state index contributed by atoms with van der Waals surface area (Å²) in [7, 11) is 1.62. The van der Waals surface area contributed by atoms with Gasteiger partial charge in [0.1, 0.15) is 11.6 Å². The summed E-state index contributed by atoms with van der Waals surface area (Å²) in [6, 6.07) is 2.27. The van der Waals surface area contributed by atoms with Crippen molar-refractivity contribution >= 4 is 5.82 Å². The van der Waals surface area contributed by atoms with Crippen molar-refractivity contribution in [1.29, 1.82) is 0 Å². The molecular formula is C14H25N3O. The molecule has 0 aliphatic heterocycles. The molecule has 0 aromatic carbocycles. The third-order valence-corrected chi connectivity index (χ3v) is 2.91. The van der Waals surface area contributed by atoms with Gasteiger partial charge in [-0.15, -0.1) is 0 Å². The van der Waals surface area contributed by atoms with Crippen molar-refractivity contribution in [3.05, 3.63) is 11.9 Å². The van der Waals surface area contributed by atoms with Crippen molar-refractivity contribution in [2.75, 3.05) is 12.4 Å². The summed E-state index contributed by atoms with van der Waals surface area (Å²) in [6.45, 7) is 6.30. The first-order chi connectivity index (χ1) is 8.65. The van der Waals surface area contributed by atoms with Gasteiger partial charge in [0.2, 0.25) is 5.88 Å². The van der Waals surface area contributed by atoms with Crippen molar-refractivity contribution in [3.8, 4) is 5.88 Å². The Kier molecular flexibility index (Phi) is 6.47. The average Bonchev–Trinajstić information content (AvgIpc) is 2.34. The molecule has 0 aliphatic rings. The fourth-order valence-electron chi connectivity index (χ4n) is 1.92. The summed E-state index contributed by atoms with van der Waals surface area (Å²) in [4.78, 5) is 8.54. The van der Waals surface area contributed by atoms with E-state index < -0.39 is 0 Å². The first-order valence-corrected chi connectivity index (χ1v) is 6.82. The minimum Gasteiger partial charge on any atom is -0.481 e. The number of aryl methyl sites for hydroxylation is 1. The van der Waals surface area contributed by atoms with E-state index >= 15 is 0 Å². The number of hydrogen-bond acceptors (Lipinski definition) is 4. The number of aromatic nitrogens is 2. The largest absolute Gasteiger partial charge is 0.481 e. The number of unbranched alkanes of at least 4 members (excludes halogenated alkanes) is 3. The normalized spacial score (nSPS) is 12.2. The summed E-state index contributed by atoms with van der Waals surface area (Å²) < 4.78 is 5.14. The molecule has 0 aliphatic carbocycles. The highest BCUT2D eigenvalue weighted by Gasteiger charge is 2.06. The second-order valence-corrected chi connectivity index (χ2v) is 4.74. The van der Waals surface area contributed by atoms with E-state index in [4.69, 9.17) is 4.74 Å². The molecule has 0 fully saturated rings. The Hall–Kier alpha value is -1.32. The van der Waals surface area contributed by atoms with Gasteiger partial charge in [-0.3, -0.25) is 0 Å². The zero-order valence-electron chi connectivity index (χ0n) is 12.0. The summed E-state index contributed by atoms with van der Waals surface area (Å²) in [5, 5.41) is 3.40. The molecule has 0 amide bonds.